The van der Waals surface area contributed by atoms with Gasteiger partial charge in [-0.15, -0.1) is 0 Å². The second-order valence-corrected chi connectivity index (χ2v) is 6.31. The Labute approximate surface area is 145 Å². The summed E-state index contributed by atoms with van der Waals surface area (Å²) in [6.07, 6.45) is 4.02. The number of nitrogens with one attached hydrogen (secondary N) is 1. The standard InChI is InChI=1S/C18H21N5O2/c1-13-10-19-18(21-13)16-12-25-9-8-22(16)17(24)6-7-23-15-5-3-2-4-14(15)11-20-23/h2-5,10-11,16H,6-9,12H2,1H3,(H,19,21)/t16-/m1/s1. The summed E-state index contributed by atoms with van der Waals surface area (Å²) in [5.41, 5.74) is 2.03. The van der Waals surface area contributed by atoms with Crippen molar-refractivity contribution in [3.63, 3.8) is 0 Å². The molecule has 1 aliphatic rings. The molecule has 1 N–H and O–H groups in total. The maximum absolute atomic E-state index is 12.8. The van der Waals surface area contributed by atoms with Crippen LogP contribution < -0.4 is 0 Å². The molecule has 3 aromatic rings. The van der Waals surface area contributed by atoms with Gasteiger partial charge < -0.3 is 14.6 Å². The first-order valence-corrected chi connectivity index (χ1v) is 8.51. The van der Waals surface area contributed by atoms with Gasteiger partial charge in [-0.2, -0.15) is 5.10 Å². The van der Waals surface area contributed by atoms with Crippen LogP contribution in [0, 0.1) is 6.92 Å². The molecule has 0 aliphatic carbocycles. The van der Waals surface area contributed by atoms with Crippen LogP contribution >= 0.6 is 0 Å². The van der Waals surface area contributed by atoms with E-state index in [4.69, 9.17) is 4.74 Å². The molecule has 0 spiro atoms. The van der Waals surface area contributed by atoms with Gasteiger partial charge in [0.25, 0.3) is 0 Å². The molecule has 3 heterocycles. The highest BCUT2D eigenvalue weighted by atomic mass is 16.5. The molecule has 7 nitrogen and oxygen atoms in total. The summed E-state index contributed by atoms with van der Waals surface area (Å²) in [7, 11) is 0. The Morgan fingerprint density at radius 3 is 3.08 bits per heavy atom. The van der Waals surface area contributed by atoms with Crippen molar-refractivity contribution in [1.82, 2.24) is 24.6 Å². The lowest BCUT2D eigenvalue weighted by atomic mass is 10.2. The van der Waals surface area contributed by atoms with E-state index in [9.17, 15) is 4.79 Å². The molecule has 0 bridgehead atoms. The van der Waals surface area contributed by atoms with Crippen molar-refractivity contribution in [3.05, 3.63) is 48.2 Å². The van der Waals surface area contributed by atoms with Crippen LogP contribution in [0.25, 0.3) is 10.9 Å². The number of imidazole rings is 1. The summed E-state index contributed by atoms with van der Waals surface area (Å²) in [5.74, 6) is 0.886. The Balaban J connectivity index is 1.47. The molecule has 1 aliphatic heterocycles. The third-order valence-corrected chi connectivity index (χ3v) is 4.58. The fourth-order valence-corrected chi connectivity index (χ4v) is 3.28. The number of amides is 1. The molecule has 130 valence electrons. The van der Waals surface area contributed by atoms with E-state index >= 15 is 0 Å². The van der Waals surface area contributed by atoms with E-state index in [1.54, 1.807) is 6.20 Å². The predicted octanol–water partition coefficient (Wildman–Crippen LogP) is 2.06. The lowest BCUT2D eigenvalue weighted by molar-refractivity contribution is -0.140. The van der Waals surface area contributed by atoms with Crippen LogP contribution in [0.1, 0.15) is 24.0 Å². The van der Waals surface area contributed by atoms with E-state index in [2.05, 4.69) is 15.1 Å². The van der Waals surface area contributed by atoms with Crippen LogP contribution in [-0.2, 0) is 16.1 Å². The average Bonchev–Trinajstić information content (AvgIpc) is 3.26. The number of morpholine rings is 1. The normalized spacial score (nSPS) is 18.0. The van der Waals surface area contributed by atoms with Gasteiger partial charge in [0.2, 0.25) is 5.91 Å². The molecule has 1 fully saturated rings. The van der Waals surface area contributed by atoms with Crippen molar-refractivity contribution >= 4 is 16.8 Å². The Kier molecular flexibility index (Phi) is 4.23. The van der Waals surface area contributed by atoms with Gasteiger partial charge in [0.1, 0.15) is 11.9 Å². The third kappa shape index (κ3) is 3.15. The molecule has 25 heavy (non-hydrogen) atoms. The Bertz CT molecular complexity index is 884. The van der Waals surface area contributed by atoms with Gasteiger partial charge in [-0.25, -0.2) is 4.98 Å². The van der Waals surface area contributed by atoms with Crippen LogP contribution in [0.2, 0.25) is 0 Å². The fourth-order valence-electron chi connectivity index (χ4n) is 3.28. The second kappa shape index (κ2) is 6.68. The number of aromatic nitrogens is 4. The number of aryl methyl sites for hydroxylation is 2. The summed E-state index contributed by atoms with van der Waals surface area (Å²) in [6.45, 7) is 4.14. The second-order valence-electron chi connectivity index (χ2n) is 6.31. The number of carbonyl (C=O) groups excluding carboxylic acids is 1. The summed E-state index contributed by atoms with van der Waals surface area (Å²) in [6, 6.07) is 7.88. The molecule has 0 saturated carbocycles. The third-order valence-electron chi connectivity index (χ3n) is 4.58. The maximum Gasteiger partial charge on any atom is 0.225 e. The van der Waals surface area contributed by atoms with E-state index in [1.165, 1.54) is 0 Å². The summed E-state index contributed by atoms with van der Waals surface area (Å²) >= 11 is 0. The number of H-pyrrole nitrogens is 1. The van der Waals surface area contributed by atoms with Crippen LogP contribution in [0.15, 0.2) is 36.7 Å². The molecule has 1 saturated heterocycles. The van der Waals surface area contributed by atoms with Gasteiger partial charge >= 0.3 is 0 Å². The fraction of sp³-hybridized carbons (Fsp3) is 0.389. The largest absolute Gasteiger partial charge is 0.377 e. The van der Waals surface area contributed by atoms with Crippen molar-refractivity contribution in [2.24, 2.45) is 0 Å². The van der Waals surface area contributed by atoms with Crippen molar-refractivity contribution in [2.75, 3.05) is 19.8 Å². The zero-order chi connectivity index (χ0) is 17.2. The zero-order valence-corrected chi connectivity index (χ0v) is 14.2. The van der Waals surface area contributed by atoms with Gasteiger partial charge in [0, 0.05) is 30.2 Å². The number of nitrogens with zero attached hydrogens (tertiary/aromatic N) is 4. The van der Waals surface area contributed by atoms with Crippen molar-refractivity contribution in [2.45, 2.75) is 25.9 Å². The number of aromatic amines is 1. The molecular weight excluding hydrogens is 318 g/mol. The lowest BCUT2D eigenvalue weighted by Crippen LogP contribution is -2.44. The minimum absolute atomic E-state index is 0.0990. The number of ether oxygens (including phenoxy) is 1. The SMILES string of the molecule is Cc1cnc([C@H]2COCCN2C(=O)CCn2ncc3ccccc32)[nH]1. The highest BCUT2D eigenvalue weighted by molar-refractivity contribution is 5.79. The van der Waals surface area contributed by atoms with Gasteiger partial charge in [0.15, 0.2) is 0 Å². The molecular formula is C18H21N5O2. The van der Waals surface area contributed by atoms with Crippen LogP contribution in [0.3, 0.4) is 0 Å². The van der Waals surface area contributed by atoms with E-state index < -0.39 is 0 Å². The number of rotatable bonds is 4. The average molecular weight is 339 g/mol. The highest BCUT2D eigenvalue weighted by Crippen LogP contribution is 2.23. The first-order chi connectivity index (χ1) is 12.2. The molecule has 0 radical (unpaired) electrons. The topological polar surface area (TPSA) is 76.0 Å². The zero-order valence-electron chi connectivity index (χ0n) is 14.2. The minimum atomic E-state index is -0.149. The Morgan fingerprint density at radius 2 is 2.24 bits per heavy atom. The van der Waals surface area contributed by atoms with Crippen molar-refractivity contribution < 1.29 is 9.53 Å². The van der Waals surface area contributed by atoms with Gasteiger partial charge in [0.05, 0.1) is 31.5 Å². The quantitative estimate of drug-likeness (QED) is 0.789. The number of para-hydroxylation sites is 1. The summed E-state index contributed by atoms with van der Waals surface area (Å²) in [4.78, 5) is 22.3. The van der Waals surface area contributed by atoms with Crippen LogP contribution in [0.5, 0.6) is 0 Å². The Morgan fingerprint density at radius 1 is 1.36 bits per heavy atom. The summed E-state index contributed by atoms with van der Waals surface area (Å²) in [5, 5.41) is 5.48. The highest BCUT2D eigenvalue weighted by Gasteiger charge is 2.30. The van der Waals surface area contributed by atoms with Crippen molar-refractivity contribution in [1.29, 1.82) is 0 Å². The first-order valence-electron chi connectivity index (χ1n) is 8.51. The van der Waals surface area contributed by atoms with Gasteiger partial charge in [-0.3, -0.25) is 9.48 Å². The first kappa shape index (κ1) is 15.8. The molecule has 7 heteroatoms. The number of carbonyl (C=O) groups is 1. The van der Waals surface area contributed by atoms with Gasteiger partial charge in [-0.05, 0) is 13.0 Å². The number of benzene rings is 1. The molecule has 1 amide bonds. The molecule has 1 atom stereocenters. The van der Waals surface area contributed by atoms with E-state index in [-0.39, 0.29) is 11.9 Å². The number of hydrogen-bond donors (Lipinski definition) is 1. The van der Waals surface area contributed by atoms with E-state index in [0.717, 1.165) is 22.4 Å². The molecule has 4 rings (SSSR count). The summed E-state index contributed by atoms with van der Waals surface area (Å²) < 4.78 is 7.45. The Hall–Kier alpha value is -2.67. The number of fused-ring (bicyclic) bond motifs is 1. The molecule has 1 aromatic carbocycles. The number of hydrogen-bond acceptors (Lipinski definition) is 4. The van der Waals surface area contributed by atoms with E-state index in [0.29, 0.717) is 32.7 Å². The van der Waals surface area contributed by atoms with Crippen LogP contribution in [-0.4, -0.2) is 50.3 Å². The van der Waals surface area contributed by atoms with E-state index in [1.807, 2.05) is 47.0 Å². The van der Waals surface area contributed by atoms with Crippen LogP contribution in [0.4, 0.5) is 0 Å². The minimum Gasteiger partial charge on any atom is -0.377 e. The monoisotopic (exact) mass is 339 g/mol. The predicted molar refractivity (Wildman–Crippen MR) is 92.9 cm³/mol. The molecule has 2 aromatic heterocycles. The van der Waals surface area contributed by atoms with Crippen molar-refractivity contribution in [3.8, 4) is 0 Å². The molecule has 0 unspecified atom stereocenters. The lowest BCUT2D eigenvalue weighted by Gasteiger charge is -2.34. The maximum atomic E-state index is 12.8. The smallest absolute Gasteiger partial charge is 0.225 e. The van der Waals surface area contributed by atoms with Gasteiger partial charge in [-0.1, -0.05) is 18.2 Å².